The maximum absolute atomic E-state index is 2.95. The predicted molar refractivity (Wildman–Crippen MR) is 278 cm³/mol. The highest BCUT2D eigenvalue weighted by Crippen LogP contribution is 3.13. The first-order chi connectivity index (χ1) is 38.9. The van der Waals surface area contributed by atoms with Gasteiger partial charge in [0.15, 0.2) is 0 Å². The molecule has 2 aromatic rings. The zero-order chi connectivity index (χ0) is 46.0. The van der Waals surface area contributed by atoms with Gasteiger partial charge >= 0.3 is 0 Å². The van der Waals surface area contributed by atoms with Crippen LogP contribution >= 0.6 is 0 Å². The van der Waals surface area contributed by atoms with E-state index < -0.39 is 0 Å². The van der Waals surface area contributed by atoms with Crippen molar-refractivity contribution in [2.24, 2.45) is 353 Å². The molecule has 0 heterocycles. The largest absolute Gasteiger partial charge is 0.0620 e. The number of benzene rings is 2. The van der Waals surface area contributed by atoms with Crippen LogP contribution in [-0.2, 0) is 0 Å². The van der Waals surface area contributed by atoms with Crippen LogP contribution in [0, 0.1) is 353 Å². The third-order valence-corrected chi connectivity index (χ3v) is 47.7. The van der Waals surface area contributed by atoms with Crippen LogP contribution in [0.25, 0.3) is 0 Å². The van der Waals surface area contributed by atoms with Gasteiger partial charge in [-0.3, -0.25) is 0 Å². The normalized spacial score (nSPS) is 95.3. The van der Waals surface area contributed by atoms with E-state index in [0.29, 0.717) is 0 Å². The molecule has 0 aromatic heterocycles. The Balaban J connectivity index is 0.819. The molecule has 0 saturated heterocycles. The first-order valence-electron chi connectivity index (χ1n) is 37.1. The molecule has 38 aliphatic rings. The molecule has 78 heavy (non-hydrogen) atoms. The SMILES string of the molecule is c1ccc2c(c1)C1CC2C23C4C5C6C7C8C9C%10C%11C%12C%13C%14C%15C%16C%17C%18C%19C%20C%21C%22C%23C(C%24C7C7C8C%11C8C%12C%11C%14C%17C%12C%19C%14C%20C%23C%24C%17C%14C%14(C%19CC(c%20ccccc%20%19)C8%14C7%17)C%12%11)C6C4C%22C4C%21C%18C%16C(C6C%15C%13C%10C(C95)C62)C143. The highest BCUT2D eigenvalue weighted by atomic mass is 15.1. The summed E-state index contributed by atoms with van der Waals surface area (Å²) in [5.74, 6) is 73.4. The number of hydrogen-bond donors (Lipinski definition) is 0. The van der Waals surface area contributed by atoms with Gasteiger partial charge in [-0.1, -0.05) is 48.5 Å². The fourth-order valence-electron chi connectivity index (χ4n) is 54.9. The van der Waals surface area contributed by atoms with Crippen LogP contribution in [0.5, 0.6) is 0 Å². The summed E-state index contributed by atoms with van der Waals surface area (Å²) in [5.41, 5.74) is 11.3. The van der Waals surface area contributed by atoms with E-state index in [2.05, 4.69) is 70.8 Å². The zero-order valence-corrected chi connectivity index (χ0v) is 44.7. The second-order valence-electron chi connectivity index (χ2n) is 41.6. The molecule has 384 valence electrons. The zero-order valence-electron chi connectivity index (χ0n) is 44.7. The van der Waals surface area contributed by atoms with Gasteiger partial charge in [-0.2, -0.15) is 0 Å². The summed E-state index contributed by atoms with van der Waals surface area (Å²) in [6, 6.07) is 22.5. The van der Waals surface area contributed by atoms with Gasteiger partial charge < -0.3 is 0 Å². The average molecular weight is 1010 g/mol. The van der Waals surface area contributed by atoms with E-state index in [1.807, 2.05) is 0 Å². The molecule has 60 unspecified atom stereocenters. The van der Waals surface area contributed by atoms with Crippen molar-refractivity contribution in [3.63, 3.8) is 0 Å². The lowest BCUT2D eigenvalue weighted by atomic mass is 9.28. The van der Waals surface area contributed by atoms with Crippen molar-refractivity contribution in [3.8, 4) is 0 Å². The smallest absolute Gasteiger partial charge is 0.00850 e. The van der Waals surface area contributed by atoms with Crippen molar-refractivity contribution in [1.29, 1.82) is 0 Å². The summed E-state index contributed by atoms with van der Waals surface area (Å²) >= 11 is 0. The van der Waals surface area contributed by atoms with Crippen LogP contribution in [0.2, 0.25) is 0 Å². The highest BCUT2D eigenvalue weighted by Gasteiger charge is 3.09. The summed E-state index contributed by atoms with van der Waals surface area (Å²) in [7, 11) is 0. The topological polar surface area (TPSA) is 0 Å². The maximum Gasteiger partial charge on any atom is -0.00850 e. The second-order valence-corrected chi connectivity index (χ2v) is 41.6. The molecule has 0 aliphatic heterocycles. The fraction of sp³-hybridized carbons (Fsp3) is 0.846. The highest BCUT2D eigenvalue weighted by molar-refractivity contribution is 5.62. The molecule has 2 aromatic carbocycles. The summed E-state index contributed by atoms with van der Waals surface area (Å²) < 4.78 is 0. The van der Waals surface area contributed by atoms with E-state index in [-0.39, 0.29) is 0 Å². The molecule has 0 nitrogen and oxygen atoms in total. The molecule has 0 amide bonds. The van der Waals surface area contributed by atoms with Crippen molar-refractivity contribution in [3.05, 3.63) is 70.8 Å². The Kier molecular flexibility index (Phi) is 3.66. The fourth-order valence-corrected chi connectivity index (χ4v) is 54.9. The van der Waals surface area contributed by atoms with E-state index in [1.165, 1.54) is 331 Å². The Morgan fingerprint density at radius 1 is 0.167 bits per heavy atom. The van der Waals surface area contributed by atoms with Crippen LogP contribution in [-0.4, -0.2) is 0 Å². The molecular weight excluding hydrogens is 937 g/mol. The minimum Gasteiger partial charge on any atom is -0.0620 e. The third-order valence-electron chi connectivity index (χ3n) is 47.7. The lowest BCUT2D eigenvalue weighted by Gasteiger charge is -2.76. The van der Waals surface area contributed by atoms with E-state index >= 15 is 0 Å². The van der Waals surface area contributed by atoms with Crippen LogP contribution in [0.15, 0.2) is 48.5 Å². The van der Waals surface area contributed by atoms with Crippen molar-refractivity contribution in [2.75, 3.05) is 0 Å². The molecule has 4 bridgehead atoms. The molecule has 34 fully saturated rings. The van der Waals surface area contributed by atoms with Gasteiger partial charge in [0, 0.05) is 0 Å². The van der Waals surface area contributed by atoms with Gasteiger partial charge in [-0.15, -0.1) is 0 Å². The van der Waals surface area contributed by atoms with Gasteiger partial charge in [-0.25, -0.2) is 0 Å². The molecule has 40 rings (SSSR count). The van der Waals surface area contributed by atoms with Crippen LogP contribution in [0.4, 0.5) is 0 Å². The Morgan fingerprint density at radius 3 is 0.487 bits per heavy atom. The van der Waals surface area contributed by atoms with E-state index in [0.717, 1.165) is 45.3 Å². The average Bonchev–Trinajstić information content (AvgIpc) is 1.96. The first kappa shape index (κ1) is 34.4. The van der Waals surface area contributed by atoms with E-state index in [4.69, 9.17) is 0 Å². The van der Waals surface area contributed by atoms with Crippen molar-refractivity contribution >= 4 is 0 Å². The summed E-state index contributed by atoms with van der Waals surface area (Å²) in [5, 5.41) is 0. The molecule has 0 radical (unpaired) electrons. The van der Waals surface area contributed by atoms with E-state index in [1.54, 1.807) is 12.8 Å². The quantitative estimate of drug-likeness (QED) is 0.247. The van der Waals surface area contributed by atoms with Crippen LogP contribution in [0.1, 0.15) is 58.8 Å². The standard InChI is InChI=1S/C78H72/c1-2-6-12-11(5-1)15-9-16(12)76-68-54-40-30-26-25-29-36-32-22-21-31-35-27-23-24-28-37-33-19-20(44(40)62(68)61-43(19)39(28)53-49(23)57(35)71(75(15,76)67(53)61)65(47(31)32)72(76)58(36)50(25)54)34-38(30)60-52(26)56-42(29)46(22)64-63-45(21)41(27)55-51(24)59(37)73-66(48(33)34)74(60)78(70(56)64)18-10-17(77(73,78)69(55)63)13-7-3-4-8-14(13)18/h1-8,15-74H,9-10H2. The van der Waals surface area contributed by atoms with Crippen molar-refractivity contribution in [2.45, 2.75) is 36.5 Å². The lowest BCUT2D eigenvalue weighted by molar-refractivity contribution is -0.278. The lowest BCUT2D eigenvalue weighted by Crippen LogP contribution is -2.72. The Bertz CT molecular complexity index is 3380. The summed E-state index contributed by atoms with van der Waals surface area (Å²) in [6.07, 6.45) is 3.43. The number of hydrogen-bond acceptors (Lipinski definition) is 0. The summed E-state index contributed by atoms with van der Waals surface area (Å²) in [4.78, 5) is 0. The molecule has 38 aliphatic carbocycles. The Labute approximate surface area is 457 Å². The molecule has 4 spiro atoms. The Morgan fingerprint density at radius 2 is 0.295 bits per heavy atom. The number of rotatable bonds is 0. The van der Waals surface area contributed by atoms with Crippen LogP contribution < -0.4 is 0 Å². The second kappa shape index (κ2) is 8.30. The minimum absolute atomic E-state index is 0.739. The van der Waals surface area contributed by atoms with Crippen LogP contribution in [0.3, 0.4) is 0 Å². The maximum atomic E-state index is 2.95. The van der Waals surface area contributed by atoms with E-state index in [9.17, 15) is 0 Å². The summed E-state index contributed by atoms with van der Waals surface area (Å²) in [6.45, 7) is 0. The predicted octanol–water partition coefficient (Wildman–Crippen LogP) is 11.4. The van der Waals surface area contributed by atoms with Gasteiger partial charge in [0.05, 0.1) is 0 Å². The first-order valence-corrected chi connectivity index (χ1v) is 37.1. The molecule has 0 N–H and O–H groups in total. The monoisotopic (exact) mass is 1010 g/mol. The molecular formula is C78H72. The third kappa shape index (κ3) is 1.94. The van der Waals surface area contributed by atoms with Gasteiger partial charge in [-0.05, 0) is 412 Å². The Hall–Kier alpha value is -1.56. The molecule has 0 heteroatoms. The minimum atomic E-state index is 0.739. The van der Waals surface area contributed by atoms with Gasteiger partial charge in [0.25, 0.3) is 0 Å². The van der Waals surface area contributed by atoms with Crippen molar-refractivity contribution in [1.82, 2.24) is 0 Å². The molecule has 34 saturated carbocycles. The van der Waals surface area contributed by atoms with Gasteiger partial charge in [0.1, 0.15) is 0 Å². The molecule has 60 atom stereocenters. The van der Waals surface area contributed by atoms with Gasteiger partial charge in [0.2, 0.25) is 0 Å². The van der Waals surface area contributed by atoms with Crippen molar-refractivity contribution < 1.29 is 0 Å².